The first-order valence-corrected chi connectivity index (χ1v) is 10.9. The molecule has 1 N–H and O–H groups in total. The van der Waals surface area contributed by atoms with Crippen LogP contribution in [-0.2, 0) is 11.2 Å². The predicted molar refractivity (Wildman–Crippen MR) is 129 cm³/mol. The molecule has 0 aliphatic rings. The molecule has 0 saturated carbocycles. The molecule has 0 fully saturated rings. The smallest absolute Gasteiger partial charge is 0.231 e. The summed E-state index contributed by atoms with van der Waals surface area (Å²) in [7, 11) is 0. The van der Waals surface area contributed by atoms with E-state index in [1.165, 1.54) is 10.9 Å². The molecule has 3 heterocycles. The zero-order chi connectivity index (χ0) is 24.0. The maximum absolute atomic E-state index is 13.0. The molecule has 5 aromatic rings. The van der Waals surface area contributed by atoms with Crippen LogP contribution in [0.1, 0.15) is 33.5 Å². The quantitative estimate of drug-likeness (QED) is 0.419. The number of aromatic nitrogens is 4. The van der Waals surface area contributed by atoms with Crippen molar-refractivity contribution in [2.45, 2.75) is 34.1 Å². The zero-order valence-corrected chi connectivity index (χ0v) is 19.3. The van der Waals surface area contributed by atoms with Crippen molar-refractivity contribution in [2.24, 2.45) is 0 Å². The molecule has 0 bridgehead atoms. The van der Waals surface area contributed by atoms with Crippen molar-refractivity contribution in [3.8, 4) is 11.9 Å². The van der Waals surface area contributed by atoms with E-state index in [0.29, 0.717) is 17.1 Å². The number of rotatable bonds is 4. The highest BCUT2D eigenvalue weighted by Crippen LogP contribution is 2.26. The van der Waals surface area contributed by atoms with Crippen molar-refractivity contribution in [3.63, 3.8) is 0 Å². The maximum Gasteiger partial charge on any atom is 0.231 e. The van der Waals surface area contributed by atoms with Crippen molar-refractivity contribution in [1.29, 1.82) is 5.26 Å². The molecular formula is C26H22N6O2. The average molecular weight is 451 g/mol. The topological polar surface area (TPSA) is 110 Å². The number of hydrogen-bond donors (Lipinski definition) is 1. The number of hydrogen-bond acceptors (Lipinski definition) is 6. The highest BCUT2D eigenvalue weighted by Gasteiger charge is 2.19. The van der Waals surface area contributed by atoms with Gasteiger partial charge in [0.2, 0.25) is 5.91 Å². The van der Waals surface area contributed by atoms with Crippen LogP contribution >= 0.6 is 0 Å². The Balaban J connectivity index is 1.50. The van der Waals surface area contributed by atoms with Crippen molar-refractivity contribution in [3.05, 3.63) is 76.1 Å². The number of benzene rings is 2. The van der Waals surface area contributed by atoms with Gasteiger partial charge in [-0.25, -0.2) is 4.98 Å². The van der Waals surface area contributed by atoms with E-state index in [1.807, 2.05) is 64.1 Å². The van der Waals surface area contributed by atoms with E-state index >= 15 is 0 Å². The monoisotopic (exact) mass is 450 g/mol. The van der Waals surface area contributed by atoms with Crippen LogP contribution in [0, 0.1) is 39.0 Å². The Morgan fingerprint density at radius 2 is 1.85 bits per heavy atom. The van der Waals surface area contributed by atoms with Crippen molar-refractivity contribution >= 4 is 33.6 Å². The SMILES string of the molecule is Cc1cc2onc(CC(=O)Nc3c(C#N)cnn3-c3cc(C)c4cccc(C)c4n3)c2cc1C. The van der Waals surface area contributed by atoms with Crippen molar-refractivity contribution < 1.29 is 9.32 Å². The summed E-state index contributed by atoms with van der Waals surface area (Å²) in [5.41, 5.74) is 6.51. The second kappa shape index (κ2) is 8.12. The maximum atomic E-state index is 13.0. The summed E-state index contributed by atoms with van der Waals surface area (Å²) in [4.78, 5) is 17.8. The van der Waals surface area contributed by atoms with Crippen molar-refractivity contribution in [2.75, 3.05) is 5.32 Å². The molecule has 5 rings (SSSR count). The second-order valence-electron chi connectivity index (χ2n) is 8.49. The van der Waals surface area contributed by atoms with Gasteiger partial charge in [0, 0.05) is 10.8 Å². The number of carbonyl (C=O) groups excluding carboxylic acids is 1. The van der Waals surface area contributed by atoms with E-state index in [9.17, 15) is 10.1 Å². The van der Waals surface area contributed by atoms with Crippen molar-refractivity contribution in [1.82, 2.24) is 19.9 Å². The molecule has 2 aromatic carbocycles. The van der Waals surface area contributed by atoms with Crippen LogP contribution in [0.3, 0.4) is 0 Å². The standard InChI is InChI=1S/C26H22N6O2/c1-14-6-5-7-19-17(4)10-23(29-25(14)19)32-26(18(12-27)13-28-32)30-24(33)11-21-20-8-15(2)16(3)9-22(20)34-31-21/h5-10,13H,11H2,1-4H3,(H,30,33). The van der Waals surface area contributed by atoms with Gasteiger partial charge in [0.15, 0.2) is 17.2 Å². The fourth-order valence-corrected chi connectivity index (χ4v) is 4.08. The largest absolute Gasteiger partial charge is 0.356 e. The van der Waals surface area contributed by atoms with E-state index in [4.69, 9.17) is 9.51 Å². The van der Waals surface area contributed by atoms with Gasteiger partial charge < -0.3 is 9.84 Å². The summed E-state index contributed by atoms with van der Waals surface area (Å²) >= 11 is 0. The Labute approximate surface area is 195 Å². The molecule has 0 atom stereocenters. The summed E-state index contributed by atoms with van der Waals surface area (Å²) in [6.07, 6.45) is 1.42. The highest BCUT2D eigenvalue weighted by atomic mass is 16.5. The Hall–Kier alpha value is -4.51. The Kier molecular flexibility index (Phi) is 5.10. The molecule has 1 amide bonds. The lowest BCUT2D eigenvalue weighted by Gasteiger charge is -2.12. The first-order valence-electron chi connectivity index (χ1n) is 10.9. The molecule has 8 nitrogen and oxygen atoms in total. The minimum Gasteiger partial charge on any atom is -0.356 e. The number of anilines is 1. The molecule has 0 radical (unpaired) electrons. The third kappa shape index (κ3) is 3.57. The highest BCUT2D eigenvalue weighted by molar-refractivity contribution is 5.95. The van der Waals surface area contributed by atoms with Crippen LogP contribution in [0.4, 0.5) is 5.82 Å². The molecule has 0 aliphatic heterocycles. The second-order valence-corrected chi connectivity index (χ2v) is 8.49. The number of nitrogens with zero attached hydrogens (tertiary/aromatic N) is 5. The Morgan fingerprint density at radius 1 is 1.06 bits per heavy atom. The molecular weight excluding hydrogens is 428 g/mol. The summed E-state index contributed by atoms with van der Waals surface area (Å²) in [6.45, 7) is 8.00. The zero-order valence-electron chi connectivity index (χ0n) is 19.3. The van der Waals surface area contributed by atoms with E-state index in [1.54, 1.807) is 0 Å². The summed E-state index contributed by atoms with van der Waals surface area (Å²) in [5.74, 6) is 0.460. The Bertz CT molecular complexity index is 1640. The lowest BCUT2D eigenvalue weighted by molar-refractivity contribution is -0.115. The van der Waals surface area contributed by atoms with E-state index < -0.39 is 0 Å². The first-order chi connectivity index (χ1) is 16.4. The van der Waals surface area contributed by atoms with Gasteiger partial charge in [-0.2, -0.15) is 15.0 Å². The average Bonchev–Trinajstić information content (AvgIpc) is 3.38. The number of fused-ring (bicyclic) bond motifs is 2. The lowest BCUT2D eigenvalue weighted by Crippen LogP contribution is -2.18. The fourth-order valence-electron chi connectivity index (χ4n) is 4.08. The van der Waals surface area contributed by atoms with Gasteiger partial charge in [-0.05, 0) is 68.1 Å². The molecule has 34 heavy (non-hydrogen) atoms. The molecule has 8 heteroatoms. The summed E-state index contributed by atoms with van der Waals surface area (Å²) in [5, 5.41) is 22.7. The molecule has 0 spiro atoms. The van der Waals surface area contributed by atoms with Crippen LogP contribution in [0.5, 0.6) is 0 Å². The number of para-hydroxylation sites is 1. The van der Waals surface area contributed by atoms with Gasteiger partial charge >= 0.3 is 0 Å². The Morgan fingerprint density at radius 3 is 2.65 bits per heavy atom. The number of aryl methyl sites for hydroxylation is 4. The molecule has 3 aromatic heterocycles. The molecule has 0 unspecified atom stereocenters. The normalized spacial score (nSPS) is 11.1. The van der Waals surface area contributed by atoms with Gasteiger partial charge in [-0.1, -0.05) is 23.4 Å². The lowest BCUT2D eigenvalue weighted by atomic mass is 10.1. The van der Waals surface area contributed by atoms with Gasteiger partial charge in [-0.15, -0.1) is 0 Å². The van der Waals surface area contributed by atoms with Gasteiger partial charge in [0.1, 0.15) is 17.3 Å². The predicted octanol–water partition coefficient (Wildman–Crippen LogP) is 4.85. The van der Waals surface area contributed by atoms with Crippen LogP contribution in [0.2, 0.25) is 0 Å². The number of pyridine rings is 1. The molecule has 168 valence electrons. The minimum absolute atomic E-state index is 0.00512. The van der Waals surface area contributed by atoms with E-state index in [0.717, 1.165) is 38.5 Å². The van der Waals surface area contributed by atoms with E-state index in [2.05, 4.69) is 21.6 Å². The van der Waals surface area contributed by atoms with Gasteiger partial charge in [-0.3, -0.25) is 4.79 Å². The first kappa shape index (κ1) is 21.3. The van der Waals surface area contributed by atoms with Crippen LogP contribution < -0.4 is 5.32 Å². The number of nitriles is 1. The number of nitrogens with one attached hydrogen (secondary N) is 1. The molecule has 0 saturated heterocycles. The third-order valence-corrected chi connectivity index (χ3v) is 6.09. The van der Waals surface area contributed by atoms with Crippen LogP contribution in [0.25, 0.3) is 27.7 Å². The minimum atomic E-state index is -0.333. The fraction of sp³-hybridized carbons (Fsp3) is 0.192. The van der Waals surface area contributed by atoms with E-state index in [-0.39, 0.29) is 23.7 Å². The number of carbonyl (C=O) groups is 1. The number of amides is 1. The third-order valence-electron chi connectivity index (χ3n) is 6.09. The van der Waals surface area contributed by atoms with Gasteiger partial charge in [0.25, 0.3) is 0 Å². The summed E-state index contributed by atoms with van der Waals surface area (Å²) < 4.78 is 6.90. The van der Waals surface area contributed by atoms with Crippen LogP contribution in [-0.4, -0.2) is 25.8 Å². The summed E-state index contributed by atoms with van der Waals surface area (Å²) in [6, 6.07) is 13.9. The van der Waals surface area contributed by atoms with Crippen LogP contribution in [0.15, 0.2) is 47.1 Å². The van der Waals surface area contributed by atoms with Gasteiger partial charge in [0.05, 0.1) is 18.1 Å². The molecule has 0 aliphatic carbocycles.